The van der Waals surface area contributed by atoms with Crippen molar-refractivity contribution in [2.75, 3.05) is 13.2 Å². The van der Waals surface area contributed by atoms with Crippen molar-refractivity contribution in [3.8, 4) is 0 Å². The summed E-state index contributed by atoms with van der Waals surface area (Å²) in [6, 6.07) is 0. The van der Waals surface area contributed by atoms with Crippen molar-refractivity contribution < 1.29 is 13.5 Å². The highest BCUT2D eigenvalue weighted by atomic mass is 19.2. The van der Waals surface area contributed by atoms with Crippen molar-refractivity contribution in [1.82, 2.24) is 0 Å². The Morgan fingerprint density at radius 3 is 2.53 bits per heavy atom. The van der Waals surface area contributed by atoms with Crippen LogP contribution in [-0.4, -0.2) is 25.6 Å². The van der Waals surface area contributed by atoms with E-state index in [-0.39, 0.29) is 17.8 Å². The minimum absolute atomic E-state index is 0.100. The number of hydrogen-bond donors (Lipinski definition) is 0. The standard InChI is InChI=1S/C12H20F2O/c1-8-4-5-10(12(14)11(8)13)9-3-2-6-15-7-9/h8-12H,2-7H2,1H3. The van der Waals surface area contributed by atoms with E-state index in [1.54, 1.807) is 0 Å². The van der Waals surface area contributed by atoms with Crippen LogP contribution >= 0.6 is 0 Å². The summed E-state index contributed by atoms with van der Waals surface area (Å²) < 4.78 is 32.8. The maximum atomic E-state index is 13.8. The van der Waals surface area contributed by atoms with Crippen molar-refractivity contribution in [1.29, 1.82) is 0 Å². The van der Waals surface area contributed by atoms with Crippen LogP contribution in [0.5, 0.6) is 0 Å². The van der Waals surface area contributed by atoms with E-state index in [1.165, 1.54) is 0 Å². The first kappa shape index (κ1) is 11.3. The highest BCUT2D eigenvalue weighted by molar-refractivity contribution is 4.90. The number of alkyl halides is 2. The summed E-state index contributed by atoms with van der Waals surface area (Å²) in [6.07, 6.45) is 1.14. The summed E-state index contributed by atoms with van der Waals surface area (Å²) in [5, 5.41) is 0. The van der Waals surface area contributed by atoms with Crippen LogP contribution in [0.2, 0.25) is 0 Å². The normalized spacial score (nSPS) is 47.8. The first-order valence-corrected chi connectivity index (χ1v) is 6.06. The lowest BCUT2D eigenvalue weighted by Crippen LogP contribution is -2.42. The van der Waals surface area contributed by atoms with E-state index in [0.29, 0.717) is 6.61 Å². The lowest BCUT2D eigenvalue weighted by molar-refractivity contribution is -0.0407. The topological polar surface area (TPSA) is 9.23 Å². The minimum Gasteiger partial charge on any atom is -0.381 e. The predicted molar refractivity (Wildman–Crippen MR) is 55.2 cm³/mol. The Morgan fingerprint density at radius 1 is 1.07 bits per heavy atom. The molecule has 0 radical (unpaired) electrons. The Kier molecular flexibility index (Phi) is 3.60. The third-order valence-corrected chi connectivity index (χ3v) is 4.01. The molecule has 15 heavy (non-hydrogen) atoms. The van der Waals surface area contributed by atoms with Gasteiger partial charge in [-0.05, 0) is 43.4 Å². The fraction of sp³-hybridized carbons (Fsp3) is 1.00. The van der Waals surface area contributed by atoms with Gasteiger partial charge in [0.15, 0.2) is 0 Å². The van der Waals surface area contributed by atoms with Crippen LogP contribution in [0.15, 0.2) is 0 Å². The predicted octanol–water partition coefficient (Wildman–Crippen LogP) is 3.14. The molecule has 2 fully saturated rings. The van der Waals surface area contributed by atoms with Gasteiger partial charge in [0.05, 0.1) is 0 Å². The molecule has 1 aliphatic heterocycles. The Labute approximate surface area is 90.2 Å². The Bertz CT molecular complexity index is 202. The van der Waals surface area contributed by atoms with Gasteiger partial charge in [0.25, 0.3) is 0 Å². The second-order valence-corrected chi connectivity index (χ2v) is 5.08. The molecule has 5 unspecified atom stereocenters. The van der Waals surface area contributed by atoms with Crippen molar-refractivity contribution in [3.63, 3.8) is 0 Å². The Hall–Kier alpha value is -0.180. The van der Waals surface area contributed by atoms with Gasteiger partial charge in [-0.1, -0.05) is 6.92 Å². The molecular formula is C12H20F2O. The monoisotopic (exact) mass is 218 g/mol. The molecule has 1 heterocycles. The van der Waals surface area contributed by atoms with Crippen LogP contribution in [0.1, 0.15) is 32.6 Å². The van der Waals surface area contributed by atoms with Crippen molar-refractivity contribution in [2.45, 2.75) is 45.0 Å². The average Bonchev–Trinajstić information content (AvgIpc) is 2.27. The Balaban J connectivity index is 1.96. The van der Waals surface area contributed by atoms with Crippen molar-refractivity contribution in [3.05, 3.63) is 0 Å². The maximum Gasteiger partial charge on any atom is 0.135 e. The highest BCUT2D eigenvalue weighted by Gasteiger charge is 2.41. The quantitative estimate of drug-likeness (QED) is 0.657. The van der Waals surface area contributed by atoms with Gasteiger partial charge in [-0.3, -0.25) is 0 Å². The lowest BCUT2D eigenvalue weighted by atomic mass is 9.72. The van der Waals surface area contributed by atoms with Gasteiger partial charge in [-0.2, -0.15) is 0 Å². The largest absolute Gasteiger partial charge is 0.381 e. The fourth-order valence-corrected chi connectivity index (χ4v) is 2.92. The van der Waals surface area contributed by atoms with Gasteiger partial charge in [-0.15, -0.1) is 0 Å². The van der Waals surface area contributed by atoms with Gasteiger partial charge in [0.2, 0.25) is 0 Å². The zero-order valence-corrected chi connectivity index (χ0v) is 9.29. The molecular weight excluding hydrogens is 198 g/mol. The molecule has 1 saturated heterocycles. The molecule has 1 aliphatic carbocycles. The highest BCUT2D eigenvalue weighted by Crippen LogP contribution is 2.39. The molecule has 0 spiro atoms. The van der Waals surface area contributed by atoms with E-state index in [2.05, 4.69) is 0 Å². The summed E-state index contributed by atoms with van der Waals surface area (Å²) in [5.74, 6) is 0.0387. The molecule has 1 nitrogen and oxygen atoms in total. The average molecular weight is 218 g/mol. The third kappa shape index (κ3) is 2.32. The van der Waals surface area contributed by atoms with Crippen LogP contribution in [0.4, 0.5) is 8.78 Å². The summed E-state index contributed by atoms with van der Waals surface area (Å²) in [7, 11) is 0. The van der Waals surface area contributed by atoms with E-state index in [0.717, 1.165) is 32.3 Å². The van der Waals surface area contributed by atoms with Crippen LogP contribution in [0.25, 0.3) is 0 Å². The molecule has 5 atom stereocenters. The number of ether oxygens (including phenoxy) is 1. The van der Waals surface area contributed by atoms with Crippen LogP contribution in [0, 0.1) is 17.8 Å². The van der Waals surface area contributed by atoms with Crippen LogP contribution in [0.3, 0.4) is 0 Å². The summed E-state index contributed by atoms with van der Waals surface area (Å²) in [4.78, 5) is 0. The summed E-state index contributed by atoms with van der Waals surface area (Å²) in [5.41, 5.74) is 0. The molecule has 0 aromatic carbocycles. The Morgan fingerprint density at radius 2 is 1.87 bits per heavy atom. The zero-order chi connectivity index (χ0) is 10.8. The van der Waals surface area contributed by atoms with Gasteiger partial charge < -0.3 is 4.74 Å². The fourth-order valence-electron chi connectivity index (χ4n) is 2.92. The van der Waals surface area contributed by atoms with E-state index >= 15 is 0 Å². The second-order valence-electron chi connectivity index (χ2n) is 5.08. The molecule has 88 valence electrons. The molecule has 2 aliphatic rings. The van der Waals surface area contributed by atoms with Crippen LogP contribution < -0.4 is 0 Å². The van der Waals surface area contributed by atoms with Gasteiger partial charge >= 0.3 is 0 Å². The molecule has 2 rings (SSSR count). The van der Waals surface area contributed by atoms with E-state index in [1.807, 2.05) is 6.92 Å². The summed E-state index contributed by atoms with van der Waals surface area (Å²) in [6.45, 7) is 3.23. The zero-order valence-electron chi connectivity index (χ0n) is 9.29. The van der Waals surface area contributed by atoms with E-state index < -0.39 is 12.3 Å². The van der Waals surface area contributed by atoms with Crippen molar-refractivity contribution in [2.24, 2.45) is 17.8 Å². The SMILES string of the molecule is CC1CCC(C2CCCOC2)C(F)C1F. The maximum absolute atomic E-state index is 13.8. The minimum atomic E-state index is -1.26. The van der Waals surface area contributed by atoms with Gasteiger partial charge in [-0.25, -0.2) is 8.78 Å². The van der Waals surface area contributed by atoms with Crippen molar-refractivity contribution >= 4 is 0 Å². The second kappa shape index (κ2) is 4.77. The molecule has 0 N–H and O–H groups in total. The number of hydrogen-bond acceptors (Lipinski definition) is 1. The molecule has 0 amide bonds. The molecule has 3 heteroatoms. The molecule has 1 saturated carbocycles. The molecule has 0 aromatic rings. The first-order chi connectivity index (χ1) is 7.20. The smallest absolute Gasteiger partial charge is 0.135 e. The third-order valence-electron chi connectivity index (χ3n) is 4.01. The number of halogens is 2. The van der Waals surface area contributed by atoms with Gasteiger partial charge in [0, 0.05) is 13.2 Å². The number of rotatable bonds is 1. The summed E-state index contributed by atoms with van der Waals surface area (Å²) >= 11 is 0. The van der Waals surface area contributed by atoms with Gasteiger partial charge in [0.1, 0.15) is 12.3 Å². The van der Waals surface area contributed by atoms with Crippen LogP contribution in [-0.2, 0) is 4.74 Å². The van der Waals surface area contributed by atoms with E-state index in [9.17, 15) is 8.78 Å². The van der Waals surface area contributed by atoms with E-state index in [4.69, 9.17) is 4.74 Å². The molecule has 0 bridgehead atoms. The molecule has 0 aromatic heterocycles. The first-order valence-electron chi connectivity index (χ1n) is 6.06. The lowest BCUT2D eigenvalue weighted by Gasteiger charge is -2.39.